The van der Waals surface area contributed by atoms with E-state index in [1.165, 1.54) is 0 Å². The highest BCUT2D eigenvalue weighted by molar-refractivity contribution is 9.10. The highest BCUT2D eigenvalue weighted by Crippen LogP contribution is 2.24. The van der Waals surface area contributed by atoms with Crippen LogP contribution in [0.15, 0.2) is 16.7 Å². The van der Waals surface area contributed by atoms with E-state index in [0.29, 0.717) is 11.5 Å². The topological polar surface area (TPSA) is 48.5 Å². The Morgan fingerprint density at radius 2 is 2.35 bits per heavy atom. The highest BCUT2D eigenvalue weighted by Gasteiger charge is 2.28. The van der Waals surface area contributed by atoms with Crippen LogP contribution in [0.5, 0.6) is 0 Å². The number of anilines is 1. The molecule has 1 aromatic rings. The van der Waals surface area contributed by atoms with Crippen LogP contribution in [0.1, 0.15) is 16.8 Å². The lowest BCUT2D eigenvalue weighted by atomic mass is 10.1. The third-order valence-electron chi connectivity index (χ3n) is 3.55. The van der Waals surface area contributed by atoms with Gasteiger partial charge in [0.15, 0.2) is 0 Å². The van der Waals surface area contributed by atoms with Gasteiger partial charge in [-0.25, -0.2) is 4.98 Å². The highest BCUT2D eigenvalue weighted by atomic mass is 79.9. The Kier molecular flexibility index (Phi) is 4.99. The number of carbonyl (C=O) groups excluding carboxylic acids is 1. The van der Waals surface area contributed by atoms with E-state index in [1.807, 2.05) is 37.0 Å². The maximum absolute atomic E-state index is 12.7. The van der Waals surface area contributed by atoms with Crippen LogP contribution in [0.25, 0.3) is 0 Å². The number of amides is 1. The monoisotopic (exact) mass is 340 g/mol. The molecule has 1 saturated heterocycles. The minimum absolute atomic E-state index is 0.0705. The molecule has 0 unspecified atom stereocenters. The number of hydrogen-bond acceptors (Lipinski definition) is 4. The van der Waals surface area contributed by atoms with Gasteiger partial charge in [0.05, 0.1) is 5.56 Å². The first-order valence-electron chi connectivity index (χ1n) is 6.79. The quantitative estimate of drug-likeness (QED) is 0.904. The Labute approximate surface area is 128 Å². The molecule has 1 aliphatic heterocycles. The molecule has 2 rings (SSSR count). The van der Waals surface area contributed by atoms with Gasteiger partial charge in [-0.3, -0.25) is 4.79 Å². The maximum Gasteiger partial charge on any atom is 0.257 e. The van der Waals surface area contributed by atoms with Crippen molar-refractivity contribution < 1.29 is 4.79 Å². The number of hydrogen-bond donors (Lipinski definition) is 1. The van der Waals surface area contributed by atoms with Crippen molar-refractivity contribution in [3.8, 4) is 0 Å². The number of likely N-dealkylation sites (tertiary alicyclic amines) is 1. The number of nitrogens with one attached hydrogen (secondary N) is 1. The lowest BCUT2D eigenvalue weighted by Crippen LogP contribution is -2.31. The molecule has 0 spiro atoms. The van der Waals surface area contributed by atoms with Gasteiger partial charge in [-0.15, -0.1) is 0 Å². The van der Waals surface area contributed by atoms with E-state index in [4.69, 9.17) is 0 Å². The summed E-state index contributed by atoms with van der Waals surface area (Å²) in [5, 5.41) is 3.18. The van der Waals surface area contributed by atoms with Crippen LogP contribution < -0.4 is 10.2 Å². The number of halogens is 1. The first-order valence-corrected chi connectivity index (χ1v) is 7.59. The molecule has 1 atom stereocenters. The van der Waals surface area contributed by atoms with Gasteiger partial charge in [0, 0.05) is 37.9 Å². The molecule has 6 heteroatoms. The smallest absolute Gasteiger partial charge is 0.257 e. The van der Waals surface area contributed by atoms with Crippen LogP contribution in [0.4, 0.5) is 5.82 Å². The summed E-state index contributed by atoms with van der Waals surface area (Å²) in [6.45, 7) is 2.60. The second kappa shape index (κ2) is 6.54. The number of pyridine rings is 1. The molecule has 1 aromatic heterocycles. The zero-order valence-corrected chi connectivity index (χ0v) is 13.8. The summed E-state index contributed by atoms with van der Waals surface area (Å²) in [5.74, 6) is 1.34. The number of aromatic nitrogens is 1. The van der Waals surface area contributed by atoms with E-state index in [1.54, 1.807) is 6.20 Å². The van der Waals surface area contributed by atoms with Crippen LogP contribution >= 0.6 is 15.9 Å². The van der Waals surface area contributed by atoms with Crippen molar-refractivity contribution in [3.05, 3.63) is 22.3 Å². The van der Waals surface area contributed by atoms with Crippen molar-refractivity contribution in [1.29, 1.82) is 0 Å². The van der Waals surface area contributed by atoms with E-state index in [2.05, 4.69) is 26.2 Å². The van der Waals surface area contributed by atoms with E-state index in [0.717, 1.165) is 36.3 Å². The summed E-state index contributed by atoms with van der Waals surface area (Å²) >= 11 is 3.40. The summed E-state index contributed by atoms with van der Waals surface area (Å²) < 4.78 is 0.831. The average molecular weight is 341 g/mol. The average Bonchev–Trinajstić information content (AvgIpc) is 2.86. The first kappa shape index (κ1) is 15.3. The Morgan fingerprint density at radius 1 is 1.60 bits per heavy atom. The predicted octanol–water partition coefficient (Wildman–Crippen LogP) is 1.59. The minimum Gasteiger partial charge on any atom is -0.362 e. The van der Waals surface area contributed by atoms with Gasteiger partial charge in [-0.05, 0) is 47.9 Å². The molecule has 0 aromatic carbocycles. The number of carbonyl (C=O) groups is 1. The summed E-state index contributed by atoms with van der Waals surface area (Å²) in [7, 11) is 5.76. The minimum atomic E-state index is 0.0705. The molecule has 2 heterocycles. The largest absolute Gasteiger partial charge is 0.362 e. The molecule has 0 radical (unpaired) electrons. The van der Waals surface area contributed by atoms with Crippen molar-refractivity contribution in [1.82, 2.24) is 15.2 Å². The summed E-state index contributed by atoms with van der Waals surface area (Å²) in [6, 6.07) is 1.86. The molecule has 0 aliphatic carbocycles. The van der Waals surface area contributed by atoms with Crippen LogP contribution in [0.3, 0.4) is 0 Å². The van der Waals surface area contributed by atoms with E-state index < -0.39 is 0 Å². The fraction of sp³-hybridized carbons (Fsp3) is 0.571. The summed E-state index contributed by atoms with van der Waals surface area (Å²) in [6.07, 6.45) is 2.78. The van der Waals surface area contributed by atoms with E-state index >= 15 is 0 Å². The second-order valence-corrected chi connectivity index (χ2v) is 6.30. The number of nitrogens with zero attached hydrogens (tertiary/aromatic N) is 3. The molecule has 20 heavy (non-hydrogen) atoms. The van der Waals surface area contributed by atoms with Crippen LogP contribution in [-0.2, 0) is 0 Å². The van der Waals surface area contributed by atoms with Crippen molar-refractivity contribution in [2.24, 2.45) is 5.92 Å². The SMILES string of the molecule is CNC[C@@H]1CCN(C(=O)c2cc(Br)cnc2N(C)C)C1. The van der Waals surface area contributed by atoms with Gasteiger partial charge < -0.3 is 15.1 Å². The zero-order chi connectivity index (χ0) is 14.7. The first-order chi connectivity index (χ1) is 9.52. The normalized spacial score (nSPS) is 18.4. The molecule has 1 aliphatic rings. The predicted molar refractivity (Wildman–Crippen MR) is 84.2 cm³/mol. The molecular weight excluding hydrogens is 320 g/mol. The molecule has 110 valence electrons. The molecule has 1 amide bonds. The van der Waals surface area contributed by atoms with Crippen molar-refractivity contribution in [3.63, 3.8) is 0 Å². The Bertz CT molecular complexity index is 492. The molecule has 0 saturated carbocycles. The van der Waals surface area contributed by atoms with Gasteiger partial charge in [0.1, 0.15) is 5.82 Å². The fourth-order valence-corrected chi connectivity index (χ4v) is 2.92. The molecule has 1 fully saturated rings. The fourth-order valence-electron chi connectivity index (χ4n) is 2.59. The Hall–Kier alpha value is -1.14. The molecule has 1 N–H and O–H groups in total. The Morgan fingerprint density at radius 3 is 3.00 bits per heavy atom. The van der Waals surface area contributed by atoms with Crippen LogP contribution in [0, 0.1) is 5.92 Å². The molecule has 0 bridgehead atoms. The van der Waals surface area contributed by atoms with Crippen molar-refractivity contribution in [2.75, 3.05) is 45.7 Å². The Balaban J connectivity index is 2.19. The van der Waals surface area contributed by atoms with E-state index in [9.17, 15) is 4.79 Å². The van der Waals surface area contributed by atoms with Gasteiger partial charge >= 0.3 is 0 Å². The zero-order valence-electron chi connectivity index (χ0n) is 12.2. The second-order valence-electron chi connectivity index (χ2n) is 5.38. The number of rotatable bonds is 4. The van der Waals surface area contributed by atoms with Crippen molar-refractivity contribution in [2.45, 2.75) is 6.42 Å². The van der Waals surface area contributed by atoms with Crippen molar-refractivity contribution >= 4 is 27.7 Å². The maximum atomic E-state index is 12.7. The lowest BCUT2D eigenvalue weighted by molar-refractivity contribution is 0.0787. The van der Waals surface area contributed by atoms with Crippen LogP contribution in [0.2, 0.25) is 0 Å². The van der Waals surface area contributed by atoms with Gasteiger partial charge in [0.2, 0.25) is 0 Å². The third kappa shape index (κ3) is 3.30. The van der Waals surface area contributed by atoms with Gasteiger partial charge in [-0.1, -0.05) is 0 Å². The third-order valence-corrected chi connectivity index (χ3v) is 3.99. The van der Waals surface area contributed by atoms with E-state index in [-0.39, 0.29) is 5.91 Å². The summed E-state index contributed by atoms with van der Waals surface area (Å²) in [5.41, 5.74) is 0.662. The molecule has 5 nitrogen and oxygen atoms in total. The van der Waals surface area contributed by atoms with Gasteiger partial charge in [0.25, 0.3) is 5.91 Å². The summed E-state index contributed by atoms with van der Waals surface area (Å²) in [4.78, 5) is 20.8. The van der Waals surface area contributed by atoms with Crippen LogP contribution in [-0.4, -0.2) is 56.6 Å². The standard InChI is InChI=1S/C14H21BrN4O/c1-16-7-10-4-5-19(9-10)14(20)12-6-11(15)8-17-13(12)18(2)3/h6,8,10,16H,4-5,7,9H2,1-3H3/t10-/m0/s1. The van der Waals surface area contributed by atoms with Gasteiger partial charge in [-0.2, -0.15) is 0 Å². The lowest BCUT2D eigenvalue weighted by Gasteiger charge is -2.21. The molecular formula is C14H21BrN4O.